The van der Waals surface area contributed by atoms with E-state index in [1.54, 1.807) is 0 Å². The lowest BCUT2D eigenvalue weighted by molar-refractivity contribution is 0.141. The molecule has 1 aromatic rings. The maximum absolute atomic E-state index is 11.0. The summed E-state index contributed by atoms with van der Waals surface area (Å²) >= 11 is 0. The molecule has 1 heterocycles. The number of benzene rings is 1. The second kappa shape index (κ2) is 3.81. The highest BCUT2D eigenvalue weighted by Crippen LogP contribution is 2.29. The number of cyclic esters (lactones) is 1. The summed E-state index contributed by atoms with van der Waals surface area (Å²) in [5.41, 5.74) is 2.12. The fourth-order valence-electron chi connectivity index (χ4n) is 1.73. The van der Waals surface area contributed by atoms with Crippen LogP contribution in [0.2, 0.25) is 0 Å². The van der Waals surface area contributed by atoms with E-state index in [1.807, 2.05) is 43.3 Å². The zero-order valence-electron chi connectivity index (χ0n) is 8.86. The highest BCUT2D eigenvalue weighted by atomic mass is 16.6. The number of rotatable bonds is 2. The summed E-state index contributed by atoms with van der Waals surface area (Å²) < 4.78 is 5.16. The Kier molecular flexibility index (Phi) is 2.49. The van der Waals surface area contributed by atoms with Crippen LogP contribution in [0.15, 0.2) is 24.3 Å². The molecule has 4 nitrogen and oxygen atoms in total. The van der Waals surface area contributed by atoms with Crippen molar-refractivity contribution in [1.82, 2.24) is 5.32 Å². The van der Waals surface area contributed by atoms with Crippen LogP contribution in [-0.2, 0) is 4.74 Å². The number of alkyl carbamates (subject to hydrolysis) is 1. The number of hydrogen-bond donors (Lipinski definition) is 1. The molecule has 80 valence electrons. The normalized spacial score (nSPS) is 19.6. The van der Waals surface area contributed by atoms with Crippen LogP contribution in [-0.4, -0.2) is 26.7 Å². The molecule has 1 unspecified atom stereocenters. The van der Waals surface area contributed by atoms with Crippen LogP contribution in [0.4, 0.5) is 10.5 Å². The van der Waals surface area contributed by atoms with E-state index in [0.29, 0.717) is 6.54 Å². The molecule has 0 radical (unpaired) electrons. The van der Waals surface area contributed by atoms with E-state index in [2.05, 4.69) is 5.32 Å². The number of carbonyl (C=O) groups excluding carboxylic acids is 1. The van der Waals surface area contributed by atoms with E-state index in [1.165, 1.54) is 0 Å². The van der Waals surface area contributed by atoms with Crippen LogP contribution in [0.25, 0.3) is 0 Å². The standard InChI is InChI=1S/C11H14N2O2/c1-13(2)9-6-4-3-5-8(9)10-7-12-11(14)15-10/h3-6,10H,7H2,1-2H3,(H,12,14). The highest BCUT2D eigenvalue weighted by molar-refractivity contribution is 5.70. The van der Waals surface area contributed by atoms with Crippen LogP contribution in [0.5, 0.6) is 0 Å². The highest BCUT2D eigenvalue weighted by Gasteiger charge is 2.26. The van der Waals surface area contributed by atoms with Crippen molar-refractivity contribution in [3.8, 4) is 0 Å². The summed E-state index contributed by atoms with van der Waals surface area (Å²) in [6.45, 7) is 0.545. The molecule has 1 amide bonds. The third-order valence-corrected chi connectivity index (χ3v) is 2.45. The molecule has 1 fully saturated rings. The zero-order valence-corrected chi connectivity index (χ0v) is 8.86. The summed E-state index contributed by atoms with van der Waals surface area (Å²) in [7, 11) is 3.95. The van der Waals surface area contributed by atoms with Gasteiger partial charge >= 0.3 is 6.09 Å². The summed E-state index contributed by atoms with van der Waals surface area (Å²) in [6.07, 6.45) is -0.510. The van der Waals surface area contributed by atoms with Gasteiger partial charge in [0.1, 0.15) is 6.10 Å². The quantitative estimate of drug-likeness (QED) is 0.798. The zero-order chi connectivity index (χ0) is 10.8. The number of ether oxygens (including phenoxy) is 1. The van der Waals surface area contributed by atoms with Gasteiger partial charge in [0.05, 0.1) is 6.54 Å². The van der Waals surface area contributed by atoms with E-state index in [-0.39, 0.29) is 12.2 Å². The van der Waals surface area contributed by atoms with E-state index in [4.69, 9.17) is 4.74 Å². The fourth-order valence-corrected chi connectivity index (χ4v) is 1.73. The fraction of sp³-hybridized carbons (Fsp3) is 0.364. The van der Waals surface area contributed by atoms with E-state index >= 15 is 0 Å². The Morgan fingerprint density at radius 3 is 2.73 bits per heavy atom. The first kappa shape index (κ1) is 9.83. The van der Waals surface area contributed by atoms with Gasteiger partial charge in [0, 0.05) is 25.3 Å². The maximum atomic E-state index is 11.0. The van der Waals surface area contributed by atoms with Crippen molar-refractivity contribution in [3.05, 3.63) is 29.8 Å². The van der Waals surface area contributed by atoms with Crippen molar-refractivity contribution < 1.29 is 9.53 Å². The molecule has 4 heteroatoms. The van der Waals surface area contributed by atoms with Crippen LogP contribution in [0.3, 0.4) is 0 Å². The molecule has 1 aromatic carbocycles. The average Bonchev–Trinajstić information content (AvgIpc) is 2.65. The first-order chi connectivity index (χ1) is 7.18. The molecule has 0 aliphatic carbocycles. The predicted octanol–water partition coefficient (Wildman–Crippen LogP) is 1.53. The number of carbonyl (C=O) groups is 1. The van der Waals surface area contributed by atoms with E-state index < -0.39 is 0 Å². The van der Waals surface area contributed by atoms with Gasteiger partial charge in [-0.15, -0.1) is 0 Å². The van der Waals surface area contributed by atoms with Gasteiger partial charge in [-0.05, 0) is 6.07 Å². The van der Waals surface area contributed by atoms with Gasteiger partial charge in [-0.2, -0.15) is 0 Å². The van der Waals surface area contributed by atoms with Crippen molar-refractivity contribution in [3.63, 3.8) is 0 Å². The molecule has 0 bridgehead atoms. The van der Waals surface area contributed by atoms with Gasteiger partial charge in [0.15, 0.2) is 0 Å². The Hall–Kier alpha value is -1.71. The number of nitrogens with one attached hydrogen (secondary N) is 1. The van der Waals surface area contributed by atoms with Gasteiger partial charge in [0.2, 0.25) is 0 Å². The number of amides is 1. The Labute approximate surface area is 88.8 Å². The lowest BCUT2D eigenvalue weighted by atomic mass is 10.1. The lowest BCUT2D eigenvalue weighted by Crippen LogP contribution is -2.15. The van der Waals surface area contributed by atoms with Crippen molar-refractivity contribution in [2.24, 2.45) is 0 Å². The van der Waals surface area contributed by atoms with E-state index in [9.17, 15) is 4.79 Å². The second-order valence-corrected chi connectivity index (χ2v) is 3.73. The molecule has 2 rings (SSSR count). The van der Waals surface area contributed by atoms with Gasteiger partial charge in [-0.25, -0.2) is 4.79 Å². The molecule has 0 saturated carbocycles. The first-order valence-electron chi connectivity index (χ1n) is 4.89. The average molecular weight is 206 g/mol. The smallest absolute Gasteiger partial charge is 0.407 e. The topological polar surface area (TPSA) is 41.6 Å². The molecule has 1 aliphatic heterocycles. The van der Waals surface area contributed by atoms with Gasteiger partial charge < -0.3 is 15.0 Å². The second-order valence-electron chi connectivity index (χ2n) is 3.73. The molecule has 0 spiro atoms. The van der Waals surface area contributed by atoms with Crippen LogP contribution >= 0.6 is 0 Å². The molecular weight excluding hydrogens is 192 g/mol. The molecule has 1 saturated heterocycles. The van der Waals surface area contributed by atoms with Crippen molar-refractivity contribution >= 4 is 11.8 Å². The Morgan fingerprint density at radius 1 is 1.40 bits per heavy atom. The summed E-state index contributed by atoms with van der Waals surface area (Å²) in [5.74, 6) is 0. The lowest BCUT2D eigenvalue weighted by Gasteiger charge is -2.19. The molecule has 1 aliphatic rings. The first-order valence-corrected chi connectivity index (χ1v) is 4.89. The number of para-hydroxylation sites is 1. The predicted molar refractivity (Wildman–Crippen MR) is 58.0 cm³/mol. The summed E-state index contributed by atoms with van der Waals surface area (Å²) in [4.78, 5) is 13.0. The Balaban J connectivity index is 2.31. The number of nitrogens with zero attached hydrogens (tertiary/aromatic N) is 1. The third kappa shape index (κ3) is 1.88. The molecular formula is C11H14N2O2. The summed E-state index contributed by atoms with van der Waals surface area (Å²) in [5, 5.41) is 2.65. The molecule has 1 N–H and O–H groups in total. The number of hydrogen-bond acceptors (Lipinski definition) is 3. The minimum Gasteiger partial charge on any atom is -0.439 e. The molecule has 1 atom stereocenters. The van der Waals surface area contributed by atoms with E-state index in [0.717, 1.165) is 11.3 Å². The maximum Gasteiger partial charge on any atom is 0.407 e. The molecule has 15 heavy (non-hydrogen) atoms. The van der Waals surface area contributed by atoms with Crippen LogP contribution in [0, 0.1) is 0 Å². The minimum absolute atomic E-state index is 0.170. The van der Waals surface area contributed by atoms with Gasteiger partial charge in [0.25, 0.3) is 0 Å². The minimum atomic E-state index is -0.339. The largest absolute Gasteiger partial charge is 0.439 e. The number of anilines is 1. The SMILES string of the molecule is CN(C)c1ccccc1C1CNC(=O)O1. The van der Waals surface area contributed by atoms with Gasteiger partial charge in [-0.1, -0.05) is 18.2 Å². The Bertz CT molecular complexity index is 377. The Morgan fingerprint density at radius 2 is 2.13 bits per heavy atom. The monoisotopic (exact) mass is 206 g/mol. The third-order valence-electron chi connectivity index (χ3n) is 2.45. The van der Waals surface area contributed by atoms with Crippen molar-refractivity contribution in [2.45, 2.75) is 6.10 Å². The van der Waals surface area contributed by atoms with Crippen molar-refractivity contribution in [1.29, 1.82) is 0 Å². The van der Waals surface area contributed by atoms with Crippen molar-refractivity contribution in [2.75, 3.05) is 25.5 Å². The molecule has 0 aromatic heterocycles. The van der Waals surface area contributed by atoms with Crippen LogP contribution in [0.1, 0.15) is 11.7 Å². The summed E-state index contributed by atoms with van der Waals surface area (Å²) in [6, 6.07) is 7.93. The van der Waals surface area contributed by atoms with Gasteiger partial charge in [-0.3, -0.25) is 0 Å². The van der Waals surface area contributed by atoms with Crippen LogP contribution < -0.4 is 10.2 Å².